The Morgan fingerprint density at radius 3 is 2.60 bits per heavy atom. The van der Waals surface area contributed by atoms with E-state index in [-0.39, 0.29) is 0 Å². The van der Waals surface area contributed by atoms with Gasteiger partial charge in [0, 0.05) is 11.4 Å². The smallest absolute Gasteiger partial charge is 0.0967 e. The molecule has 0 saturated heterocycles. The number of hydrogen-bond acceptors (Lipinski definition) is 4. The molecule has 0 radical (unpaired) electrons. The molecule has 0 fully saturated rings. The van der Waals surface area contributed by atoms with Crippen LogP contribution in [0.4, 0.5) is 0 Å². The number of thioether (sulfide) groups is 1. The quantitative estimate of drug-likeness (QED) is 0.795. The first kappa shape index (κ1) is 10.2. The van der Waals surface area contributed by atoms with Crippen LogP contribution in [0.15, 0.2) is 35.4 Å². The molecule has 2 aromatic rings. The van der Waals surface area contributed by atoms with E-state index in [0.29, 0.717) is 6.54 Å². The molecule has 15 heavy (non-hydrogen) atoms. The van der Waals surface area contributed by atoms with Gasteiger partial charge in [0.2, 0.25) is 0 Å². The molecule has 0 saturated carbocycles. The molecule has 4 nitrogen and oxygen atoms in total. The van der Waals surface area contributed by atoms with Crippen LogP contribution in [0, 0.1) is 0 Å². The fourth-order valence-corrected chi connectivity index (χ4v) is 1.66. The first-order valence-electron chi connectivity index (χ1n) is 4.59. The average Bonchev–Trinajstić information content (AvgIpc) is 2.78. The lowest BCUT2D eigenvalue weighted by Gasteiger charge is -2.00. The van der Waals surface area contributed by atoms with Gasteiger partial charge in [-0.3, -0.25) is 0 Å². The highest BCUT2D eigenvalue weighted by atomic mass is 32.2. The zero-order valence-electron chi connectivity index (χ0n) is 8.42. The molecule has 0 aliphatic heterocycles. The van der Waals surface area contributed by atoms with Crippen molar-refractivity contribution in [1.82, 2.24) is 15.0 Å². The summed E-state index contributed by atoms with van der Waals surface area (Å²) in [5.74, 6) is 0. The molecule has 1 aromatic carbocycles. The second-order valence-electron chi connectivity index (χ2n) is 3.06. The van der Waals surface area contributed by atoms with Crippen molar-refractivity contribution in [1.29, 1.82) is 0 Å². The van der Waals surface area contributed by atoms with Gasteiger partial charge in [-0.1, -0.05) is 5.21 Å². The number of nitrogens with two attached hydrogens (primary N) is 1. The van der Waals surface area contributed by atoms with E-state index in [4.69, 9.17) is 5.73 Å². The van der Waals surface area contributed by atoms with E-state index in [2.05, 4.69) is 28.7 Å². The van der Waals surface area contributed by atoms with Crippen molar-refractivity contribution in [2.75, 3.05) is 6.26 Å². The Hall–Kier alpha value is -1.33. The lowest BCUT2D eigenvalue weighted by molar-refractivity contribution is 0.796. The Morgan fingerprint density at radius 1 is 1.33 bits per heavy atom. The molecule has 0 unspecified atom stereocenters. The molecular weight excluding hydrogens is 208 g/mol. The fourth-order valence-electron chi connectivity index (χ4n) is 1.25. The summed E-state index contributed by atoms with van der Waals surface area (Å²) >= 11 is 1.72. The highest BCUT2D eigenvalue weighted by Gasteiger charge is 2.00. The van der Waals surface area contributed by atoms with Crippen LogP contribution in [0.1, 0.15) is 5.69 Å². The Kier molecular flexibility index (Phi) is 3.03. The minimum atomic E-state index is 0.420. The molecule has 0 spiro atoms. The molecule has 5 heteroatoms. The predicted molar refractivity (Wildman–Crippen MR) is 61.0 cm³/mol. The molecule has 0 aliphatic carbocycles. The fraction of sp³-hybridized carbons (Fsp3) is 0.200. The SMILES string of the molecule is CSc1ccc(-n2cc(CN)nn2)cc1. The standard InChI is InChI=1S/C10H12N4S/c1-15-10-4-2-9(3-5-10)14-7-8(6-11)12-13-14/h2-5,7H,6,11H2,1H3. The van der Waals surface area contributed by atoms with Crippen LogP contribution in [-0.4, -0.2) is 21.2 Å². The summed E-state index contributed by atoms with van der Waals surface area (Å²) in [4.78, 5) is 1.23. The van der Waals surface area contributed by atoms with Crippen LogP contribution >= 0.6 is 11.8 Å². The van der Waals surface area contributed by atoms with Gasteiger partial charge in [0.1, 0.15) is 0 Å². The molecule has 2 N–H and O–H groups in total. The minimum Gasteiger partial charge on any atom is -0.325 e. The molecular formula is C10H12N4S. The van der Waals surface area contributed by atoms with E-state index in [0.717, 1.165) is 11.4 Å². The highest BCUT2D eigenvalue weighted by molar-refractivity contribution is 7.98. The molecule has 0 atom stereocenters. The van der Waals surface area contributed by atoms with Gasteiger partial charge in [-0.15, -0.1) is 16.9 Å². The molecule has 0 aliphatic rings. The maximum atomic E-state index is 5.47. The summed E-state index contributed by atoms with van der Waals surface area (Å²) in [6, 6.07) is 8.15. The monoisotopic (exact) mass is 220 g/mol. The van der Waals surface area contributed by atoms with Crippen molar-refractivity contribution < 1.29 is 0 Å². The van der Waals surface area contributed by atoms with E-state index < -0.39 is 0 Å². The lowest BCUT2D eigenvalue weighted by atomic mass is 10.3. The summed E-state index contributed by atoms with van der Waals surface area (Å²) in [5.41, 5.74) is 7.26. The Balaban J connectivity index is 2.28. The topological polar surface area (TPSA) is 56.7 Å². The normalized spacial score (nSPS) is 10.5. The van der Waals surface area contributed by atoms with Crippen LogP contribution in [0.25, 0.3) is 5.69 Å². The Morgan fingerprint density at radius 2 is 2.07 bits per heavy atom. The number of hydrogen-bond donors (Lipinski definition) is 1. The third kappa shape index (κ3) is 2.19. The van der Waals surface area contributed by atoms with Crippen molar-refractivity contribution in [3.8, 4) is 5.69 Å². The van der Waals surface area contributed by atoms with Gasteiger partial charge >= 0.3 is 0 Å². The molecule has 0 bridgehead atoms. The first-order valence-corrected chi connectivity index (χ1v) is 5.81. The van der Waals surface area contributed by atoms with Crippen LogP contribution in [0.3, 0.4) is 0 Å². The van der Waals surface area contributed by atoms with E-state index in [9.17, 15) is 0 Å². The second-order valence-corrected chi connectivity index (χ2v) is 3.94. The Bertz CT molecular complexity index is 435. The zero-order chi connectivity index (χ0) is 10.7. The zero-order valence-corrected chi connectivity index (χ0v) is 9.24. The van der Waals surface area contributed by atoms with Crippen molar-refractivity contribution >= 4 is 11.8 Å². The minimum absolute atomic E-state index is 0.420. The van der Waals surface area contributed by atoms with Crippen LogP contribution in [0.2, 0.25) is 0 Å². The lowest BCUT2D eigenvalue weighted by Crippen LogP contribution is -1.95. The molecule has 1 heterocycles. The van der Waals surface area contributed by atoms with Gasteiger partial charge in [-0.2, -0.15) is 0 Å². The molecule has 0 amide bonds. The van der Waals surface area contributed by atoms with Crippen molar-refractivity contribution in [2.45, 2.75) is 11.4 Å². The van der Waals surface area contributed by atoms with Gasteiger partial charge < -0.3 is 5.73 Å². The third-order valence-corrected chi connectivity index (χ3v) is 2.83. The average molecular weight is 220 g/mol. The van der Waals surface area contributed by atoms with Gasteiger partial charge in [-0.05, 0) is 30.5 Å². The van der Waals surface area contributed by atoms with Gasteiger partial charge in [0.25, 0.3) is 0 Å². The molecule has 78 valence electrons. The summed E-state index contributed by atoms with van der Waals surface area (Å²) in [6.45, 7) is 0.420. The van der Waals surface area contributed by atoms with Gasteiger partial charge in [0.05, 0.1) is 17.6 Å². The maximum absolute atomic E-state index is 5.47. The van der Waals surface area contributed by atoms with Crippen LogP contribution < -0.4 is 5.73 Å². The summed E-state index contributed by atoms with van der Waals surface area (Å²) in [5, 5.41) is 7.93. The maximum Gasteiger partial charge on any atom is 0.0967 e. The van der Waals surface area contributed by atoms with E-state index in [1.165, 1.54) is 4.90 Å². The second kappa shape index (κ2) is 4.46. The summed E-state index contributed by atoms with van der Waals surface area (Å²) in [6.07, 6.45) is 3.89. The Labute approximate surface area is 92.5 Å². The van der Waals surface area contributed by atoms with Crippen molar-refractivity contribution in [3.05, 3.63) is 36.2 Å². The van der Waals surface area contributed by atoms with E-state index in [1.807, 2.05) is 18.3 Å². The number of rotatable bonds is 3. The van der Waals surface area contributed by atoms with E-state index in [1.54, 1.807) is 16.4 Å². The van der Waals surface area contributed by atoms with Crippen LogP contribution in [0.5, 0.6) is 0 Å². The summed E-state index contributed by atoms with van der Waals surface area (Å²) < 4.78 is 1.73. The largest absolute Gasteiger partial charge is 0.325 e. The van der Waals surface area contributed by atoms with Gasteiger partial charge in [0.15, 0.2) is 0 Å². The molecule has 1 aromatic heterocycles. The van der Waals surface area contributed by atoms with Crippen LogP contribution in [-0.2, 0) is 6.54 Å². The number of nitrogens with zero attached hydrogens (tertiary/aromatic N) is 3. The molecule has 2 rings (SSSR count). The predicted octanol–water partition coefficient (Wildman–Crippen LogP) is 1.45. The first-order chi connectivity index (χ1) is 7.33. The number of aromatic nitrogens is 3. The van der Waals surface area contributed by atoms with Gasteiger partial charge in [-0.25, -0.2) is 4.68 Å². The third-order valence-electron chi connectivity index (χ3n) is 2.09. The highest BCUT2D eigenvalue weighted by Crippen LogP contribution is 2.16. The van der Waals surface area contributed by atoms with E-state index >= 15 is 0 Å². The van der Waals surface area contributed by atoms with Crippen molar-refractivity contribution in [3.63, 3.8) is 0 Å². The van der Waals surface area contributed by atoms with Crippen molar-refractivity contribution in [2.24, 2.45) is 5.73 Å². The number of benzene rings is 1. The summed E-state index contributed by atoms with van der Waals surface area (Å²) in [7, 11) is 0.